The highest BCUT2D eigenvalue weighted by molar-refractivity contribution is 5.95. The van der Waals surface area contributed by atoms with Crippen LogP contribution in [-0.2, 0) is 4.79 Å². The van der Waals surface area contributed by atoms with Crippen molar-refractivity contribution in [1.29, 1.82) is 5.26 Å². The minimum atomic E-state index is -0.0671. The van der Waals surface area contributed by atoms with Gasteiger partial charge < -0.3 is 4.90 Å². The summed E-state index contributed by atoms with van der Waals surface area (Å²) in [6.45, 7) is 5.91. The minimum Gasteiger partial charge on any atom is -0.307 e. The van der Waals surface area contributed by atoms with Crippen LogP contribution in [0.1, 0.15) is 29.2 Å². The van der Waals surface area contributed by atoms with Gasteiger partial charge in [-0.05, 0) is 36.6 Å². The van der Waals surface area contributed by atoms with Gasteiger partial charge in [0.2, 0.25) is 5.91 Å². The molecular weight excluding hydrogens is 308 g/mol. The molecule has 0 unspecified atom stereocenters. The molecule has 3 nitrogen and oxygen atoms in total. The van der Waals surface area contributed by atoms with Crippen molar-refractivity contribution in [2.24, 2.45) is 0 Å². The molecule has 0 atom stereocenters. The van der Waals surface area contributed by atoms with Gasteiger partial charge in [-0.25, -0.2) is 0 Å². The number of nitriles is 1. The molecule has 124 valence electrons. The number of nitrogens with zero attached hydrogens (tertiary/aromatic N) is 2. The Morgan fingerprint density at radius 2 is 1.48 bits per heavy atom. The molecule has 0 spiro atoms. The molecule has 1 aliphatic rings. The van der Waals surface area contributed by atoms with Crippen molar-refractivity contribution in [3.05, 3.63) is 82.4 Å². The van der Waals surface area contributed by atoms with Gasteiger partial charge in [0.05, 0.1) is 23.9 Å². The molecule has 25 heavy (non-hydrogen) atoms. The fraction of sp³-hybridized carbons (Fsp3) is 0.182. The Kier molecular flexibility index (Phi) is 4.54. The molecule has 0 N–H and O–H groups in total. The zero-order chi connectivity index (χ0) is 18.0. The SMILES string of the molecule is CC(=O)N1CC(C#N)=C(c2ccc(C)cc2)C=C1c1ccc(C)cc1. The van der Waals surface area contributed by atoms with Crippen molar-refractivity contribution in [3.8, 4) is 6.07 Å². The molecular formula is C22H20N2O. The molecule has 2 aromatic carbocycles. The zero-order valence-electron chi connectivity index (χ0n) is 14.7. The number of hydrogen-bond donors (Lipinski definition) is 0. The fourth-order valence-corrected chi connectivity index (χ4v) is 2.96. The topological polar surface area (TPSA) is 44.1 Å². The van der Waals surface area contributed by atoms with Crippen molar-refractivity contribution in [2.45, 2.75) is 20.8 Å². The Morgan fingerprint density at radius 1 is 0.960 bits per heavy atom. The van der Waals surface area contributed by atoms with Crippen molar-refractivity contribution in [1.82, 2.24) is 4.90 Å². The third-order valence-corrected chi connectivity index (χ3v) is 4.44. The Balaban J connectivity index is 2.16. The summed E-state index contributed by atoms with van der Waals surface area (Å²) < 4.78 is 0. The quantitative estimate of drug-likeness (QED) is 0.815. The van der Waals surface area contributed by atoms with Gasteiger partial charge in [0.25, 0.3) is 0 Å². The summed E-state index contributed by atoms with van der Waals surface area (Å²) in [6, 6.07) is 18.5. The largest absolute Gasteiger partial charge is 0.307 e. The first kappa shape index (κ1) is 16.7. The molecule has 1 aliphatic heterocycles. The second-order valence-corrected chi connectivity index (χ2v) is 6.37. The number of carbonyl (C=O) groups excluding carboxylic acids is 1. The van der Waals surface area contributed by atoms with E-state index in [1.807, 2.05) is 68.5 Å². The van der Waals surface area contributed by atoms with E-state index >= 15 is 0 Å². The lowest BCUT2D eigenvalue weighted by atomic mass is 9.93. The molecule has 3 rings (SSSR count). The highest BCUT2D eigenvalue weighted by atomic mass is 16.2. The summed E-state index contributed by atoms with van der Waals surface area (Å²) in [7, 11) is 0. The van der Waals surface area contributed by atoms with Crippen LogP contribution in [0.3, 0.4) is 0 Å². The number of aryl methyl sites for hydroxylation is 2. The van der Waals surface area contributed by atoms with Crippen LogP contribution in [0.5, 0.6) is 0 Å². The maximum Gasteiger partial charge on any atom is 0.224 e. The van der Waals surface area contributed by atoms with Crippen LogP contribution >= 0.6 is 0 Å². The number of carbonyl (C=O) groups is 1. The predicted molar refractivity (Wildman–Crippen MR) is 100 cm³/mol. The lowest BCUT2D eigenvalue weighted by Crippen LogP contribution is -2.31. The van der Waals surface area contributed by atoms with Gasteiger partial charge in [-0.1, -0.05) is 59.7 Å². The third-order valence-electron chi connectivity index (χ3n) is 4.44. The van der Waals surface area contributed by atoms with E-state index in [1.54, 1.807) is 4.90 Å². The molecule has 0 fully saturated rings. The van der Waals surface area contributed by atoms with Gasteiger partial charge in [-0.3, -0.25) is 4.79 Å². The lowest BCUT2D eigenvalue weighted by Gasteiger charge is -2.29. The average molecular weight is 328 g/mol. The van der Waals surface area contributed by atoms with Gasteiger partial charge in [0.15, 0.2) is 0 Å². The molecule has 0 saturated carbocycles. The van der Waals surface area contributed by atoms with Crippen LogP contribution in [0.4, 0.5) is 0 Å². The van der Waals surface area contributed by atoms with Crippen LogP contribution in [0.15, 0.2) is 60.2 Å². The summed E-state index contributed by atoms with van der Waals surface area (Å²) in [5.74, 6) is -0.0671. The maximum absolute atomic E-state index is 12.2. The number of rotatable bonds is 2. The number of benzene rings is 2. The van der Waals surface area contributed by atoms with Crippen LogP contribution in [-0.4, -0.2) is 17.4 Å². The van der Waals surface area contributed by atoms with Gasteiger partial charge in [0, 0.05) is 6.92 Å². The highest BCUT2D eigenvalue weighted by Crippen LogP contribution is 2.33. The van der Waals surface area contributed by atoms with E-state index in [9.17, 15) is 10.1 Å². The highest BCUT2D eigenvalue weighted by Gasteiger charge is 2.24. The first-order chi connectivity index (χ1) is 12.0. The van der Waals surface area contributed by atoms with E-state index in [0.717, 1.165) is 22.4 Å². The van der Waals surface area contributed by atoms with Crippen LogP contribution in [0, 0.1) is 25.2 Å². The monoisotopic (exact) mass is 328 g/mol. The summed E-state index contributed by atoms with van der Waals surface area (Å²) >= 11 is 0. The summed E-state index contributed by atoms with van der Waals surface area (Å²) in [6.07, 6.45) is 1.96. The second-order valence-electron chi connectivity index (χ2n) is 6.37. The molecule has 0 saturated heterocycles. The van der Waals surface area contributed by atoms with Crippen molar-refractivity contribution in [2.75, 3.05) is 6.54 Å². The van der Waals surface area contributed by atoms with Crippen LogP contribution in [0.25, 0.3) is 11.3 Å². The van der Waals surface area contributed by atoms with Crippen LogP contribution < -0.4 is 0 Å². The van der Waals surface area contributed by atoms with Crippen molar-refractivity contribution >= 4 is 17.2 Å². The molecule has 1 heterocycles. The van der Waals surface area contributed by atoms with Crippen LogP contribution in [0.2, 0.25) is 0 Å². The van der Waals surface area contributed by atoms with Gasteiger partial charge in [-0.15, -0.1) is 0 Å². The Morgan fingerprint density at radius 3 is 1.96 bits per heavy atom. The molecule has 3 heteroatoms. The lowest BCUT2D eigenvalue weighted by molar-refractivity contribution is -0.125. The van der Waals surface area contributed by atoms with Gasteiger partial charge in [-0.2, -0.15) is 5.26 Å². The average Bonchev–Trinajstić information content (AvgIpc) is 2.62. The predicted octanol–water partition coefficient (Wildman–Crippen LogP) is 4.48. The van der Waals surface area contributed by atoms with Gasteiger partial charge >= 0.3 is 0 Å². The zero-order valence-corrected chi connectivity index (χ0v) is 14.7. The van der Waals surface area contributed by atoms with E-state index in [2.05, 4.69) is 6.07 Å². The van der Waals surface area contributed by atoms with E-state index in [4.69, 9.17) is 0 Å². The standard InChI is InChI=1S/C22H20N2O/c1-15-4-8-18(9-5-15)21-12-22(19-10-6-16(2)7-11-19)24(17(3)25)14-20(21)13-23/h4-12H,14H2,1-3H3. The third kappa shape index (κ3) is 3.39. The summed E-state index contributed by atoms with van der Waals surface area (Å²) in [4.78, 5) is 13.8. The first-order valence-electron chi connectivity index (χ1n) is 8.26. The molecule has 0 aromatic heterocycles. The Labute approximate surface area is 148 Å². The molecule has 0 aliphatic carbocycles. The summed E-state index contributed by atoms with van der Waals surface area (Å²) in [5.41, 5.74) is 6.64. The van der Waals surface area contributed by atoms with E-state index in [-0.39, 0.29) is 5.91 Å². The maximum atomic E-state index is 12.2. The number of amides is 1. The smallest absolute Gasteiger partial charge is 0.224 e. The minimum absolute atomic E-state index is 0.0671. The van der Waals surface area contributed by atoms with Gasteiger partial charge in [0.1, 0.15) is 0 Å². The Hall–Kier alpha value is -3.12. The molecule has 0 bridgehead atoms. The molecule has 0 radical (unpaired) electrons. The van der Waals surface area contributed by atoms with Crippen molar-refractivity contribution in [3.63, 3.8) is 0 Å². The molecule has 2 aromatic rings. The number of allylic oxidation sites excluding steroid dienone is 2. The van der Waals surface area contributed by atoms with E-state index in [0.29, 0.717) is 12.1 Å². The Bertz CT molecular complexity index is 910. The number of hydrogen-bond acceptors (Lipinski definition) is 2. The summed E-state index contributed by atoms with van der Waals surface area (Å²) in [5, 5.41) is 9.60. The second kappa shape index (κ2) is 6.78. The fourth-order valence-electron chi connectivity index (χ4n) is 2.96. The van der Waals surface area contributed by atoms with E-state index < -0.39 is 0 Å². The van der Waals surface area contributed by atoms with Crippen molar-refractivity contribution < 1.29 is 4.79 Å². The van der Waals surface area contributed by atoms with E-state index in [1.165, 1.54) is 18.1 Å². The first-order valence-corrected chi connectivity index (χ1v) is 8.26. The normalized spacial score (nSPS) is 14.2. The molecule has 1 amide bonds.